The van der Waals surface area contributed by atoms with Crippen LogP contribution >= 0.6 is 15.9 Å². The molecule has 1 aliphatic rings. The fraction of sp³-hybridized carbons (Fsp3) is 0.600. The molecule has 1 nitrogen and oxygen atoms in total. The monoisotopic (exact) mass is 295 g/mol. The molecule has 2 rings (SSSR count). The summed E-state index contributed by atoms with van der Waals surface area (Å²) in [5.74, 6) is 1.81. The maximum Gasteiger partial charge on any atom is 0.0381 e. The summed E-state index contributed by atoms with van der Waals surface area (Å²) >= 11 is 3.53. The van der Waals surface area contributed by atoms with E-state index in [0.29, 0.717) is 0 Å². The van der Waals surface area contributed by atoms with Crippen LogP contribution in [0.5, 0.6) is 0 Å². The Morgan fingerprint density at radius 2 is 1.94 bits per heavy atom. The minimum absolute atomic E-state index is 0.865. The van der Waals surface area contributed by atoms with Gasteiger partial charge < -0.3 is 5.32 Å². The standard InChI is InChI=1S/C15H22BrN/c1-11-3-6-13(7-4-11)10-17-15-9-14(16)8-5-12(15)2/h5,8-9,11,13,17H,3-4,6-7,10H2,1-2H3. The van der Waals surface area contributed by atoms with Crippen molar-refractivity contribution in [2.75, 3.05) is 11.9 Å². The van der Waals surface area contributed by atoms with E-state index in [1.165, 1.54) is 36.9 Å². The molecule has 1 fully saturated rings. The zero-order valence-electron chi connectivity index (χ0n) is 10.8. The first-order valence-corrected chi connectivity index (χ1v) is 7.44. The quantitative estimate of drug-likeness (QED) is 0.828. The molecule has 0 spiro atoms. The summed E-state index contributed by atoms with van der Waals surface area (Å²) in [6.45, 7) is 5.67. The molecular formula is C15H22BrN. The van der Waals surface area contributed by atoms with E-state index in [4.69, 9.17) is 0 Å². The Hall–Kier alpha value is -0.500. The van der Waals surface area contributed by atoms with Crippen LogP contribution in [-0.2, 0) is 0 Å². The van der Waals surface area contributed by atoms with Crippen molar-refractivity contribution in [2.45, 2.75) is 39.5 Å². The Balaban J connectivity index is 1.87. The van der Waals surface area contributed by atoms with Gasteiger partial charge in [0.25, 0.3) is 0 Å². The van der Waals surface area contributed by atoms with Crippen LogP contribution in [0.25, 0.3) is 0 Å². The highest BCUT2D eigenvalue weighted by Crippen LogP contribution is 2.29. The first-order valence-electron chi connectivity index (χ1n) is 6.65. The summed E-state index contributed by atoms with van der Waals surface area (Å²) in [6.07, 6.45) is 5.59. The summed E-state index contributed by atoms with van der Waals surface area (Å²) in [5.41, 5.74) is 2.61. The molecule has 94 valence electrons. The molecule has 0 bridgehead atoms. The number of aryl methyl sites for hydroxylation is 1. The molecule has 0 radical (unpaired) electrons. The van der Waals surface area contributed by atoms with Gasteiger partial charge in [-0.1, -0.05) is 41.8 Å². The predicted octanol–water partition coefficient (Wildman–Crippen LogP) is 5.00. The summed E-state index contributed by atoms with van der Waals surface area (Å²) in [7, 11) is 0. The van der Waals surface area contributed by atoms with Gasteiger partial charge in [-0.15, -0.1) is 0 Å². The third-order valence-corrected chi connectivity index (χ3v) is 4.41. The van der Waals surface area contributed by atoms with Gasteiger partial charge in [-0.2, -0.15) is 0 Å². The van der Waals surface area contributed by atoms with E-state index in [2.05, 4.69) is 53.3 Å². The fourth-order valence-corrected chi connectivity index (χ4v) is 2.93. The molecule has 0 unspecified atom stereocenters. The molecule has 2 heteroatoms. The van der Waals surface area contributed by atoms with Gasteiger partial charge in [-0.3, -0.25) is 0 Å². The summed E-state index contributed by atoms with van der Waals surface area (Å²) in [6, 6.07) is 6.44. The Labute approximate surface area is 113 Å². The highest BCUT2D eigenvalue weighted by molar-refractivity contribution is 9.10. The van der Waals surface area contributed by atoms with Crippen LogP contribution in [0.15, 0.2) is 22.7 Å². The lowest BCUT2D eigenvalue weighted by Crippen LogP contribution is -2.20. The van der Waals surface area contributed by atoms with Gasteiger partial charge in [0.05, 0.1) is 0 Å². The number of benzene rings is 1. The van der Waals surface area contributed by atoms with Crippen molar-refractivity contribution < 1.29 is 0 Å². The molecule has 1 aliphatic carbocycles. The average Bonchev–Trinajstić information content (AvgIpc) is 2.32. The maximum atomic E-state index is 3.61. The molecule has 1 aromatic carbocycles. The van der Waals surface area contributed by atoms with Crippen molar-refractivity contribution in [1.29, 1.82) is 0 Å². The van der Waals surface area contributed by atoms with Gasteiger partial charge in [0.2, 0.25) is 0 Å². The number of anilines is 1. The third kappa shape index (κ3) is 3.74. The second kappa shape index (κ2) is 5.90. The lowest BCUT2D eigenvalue weighted by molar-refractivity contribution is 0.300. The normalized spacial score (nSPS) is 24.6. The fourth-order valence-electron chi connectivity index (χ4n) is 2.57. The molecule has 1 saturated carbocycles. The molecule has 1 aromatic rings. The molecule has 0 atom stereocenters. The van der Waals surface area contributed by atoms with Crippen LogP contribution in [0.4, 0.5) is 5.69 Å². The van der Waals surface area contributed by atoms with E-state index < -0.39 is 0 Å². The van der Waals surface area contributed by atoms with Crippen LogP contribution in [0.3, 0.4) is 0 Å². The van der Waals surface area contributed by atoms with Gasteiger partial charge in [-0.05, 0) is 49.3 Å². The lowest BCUT2D eigenvalue weighted by atomic mass is 9.83. The van der Waals surface area contributed by atoms with Crippen molar-refractivity contribution in [1.82, 2.24) is 0 Å². The summed E-state index contributed by atoms with van der Waals surface area (Å²) in [5, 5.41) is 3.61. The third-order valence-electron chi connectivity index (χ3n) is 3.92. The van der Waals surface area contributed by atoms with E-state index in [1.54, 1.807) is 0 Å². The average molecular weight is 296 g/mol. The van der Waals surface area contributed by atoms with Crippen molar-refractivity contribution in [2.24, 2.45) is 11.8 Å². The number of hydrogen-bond donors (Lipinski definition) is 1. The molecular weight excluding hydrogens is 274 g/mol. The molecule has 17 heavy (non-hydrogen) atoms. The van der Waals surface area contributed by atoms with Crippen molar-refractivity contribution >= 4 is 21.6 Å². The smallest absolute Gasteiger partial charge is 0.0381 e. The second-order valence-corrected chi connectivity index (χ2v) is 6.38. The Bertz CT molecular complexity index is 367. The number of hydrogen-bond acceptors (Lipinski definition) is 1. The molecule has 0 saturated heterocycles. The van der Waals surface area contributed by atoms with Crippen molar-refractivity contribution in [3.63, 3.8) is 0 Å². The van der Waals surface area contributed by atoms with Gasteiger partial charge in [0, 0.05) is 16.7 Å². The SMILES string of the molecule is Cc1ccc(Br)cc1NCC1CCC(C)CC1. The minimum Gasteiger partial charge on any atom is -0.385 e. The number of rotatable bonds is 3. The molecule has 1 N–H and O–H groups in total. The molecule has 0 heterocycles. The zero-order valence-corrected chi connectivity index (χ0v) is 12.4. The Kier molecular flexibility index (Phi) is 4.49. The highest BCUT2D eigenvalue weighted by Gasteiger charge is 2.17. The van der Waals surface area contributed by atoms with Gasteiger partial charge >= 0.3 is 0 Å². The summed E-state index contributed by atoms with van der Waals surface area (Å²) < 4.78 is 1.16. The van der Waals surface area contributed by atoms with Crippen LogP contribution in [0, 0.1) is 18.8 Å². The topological polar surface area (TPSA) is 12.0 Å². The lowest BCUT2D eigenvalue weighted by Gasteiger charge is -2.26. The van der Waals surface area contributed by atoms with Gasteiger partial charge in [-0.25, -0.2) is 0 Å². The molecule has 0 amide bonds. The van der Waals surface area contributed by atoms with Crippen LogP contribution in [0.2, 0.25) is 0 Å². The van der Waals surface area contributed by atoms with Crippen molar-refractivity contribution in [3.8, 4) is 0 Å². The molecule has 0 aliphatic heterocycles. The van der Waals surface area contributed by atoms with E-state index in [-0.39, 0.29) is 0 Å². The van der Waals surface area contributed by atoms with Crippen LogP contribution in [-0.4, -0.2) is 6.54 Å². The van der Waals surface area contributed by atoms with Crippen LogP contribution in [0.1, 0.15) is 38.2 Å². The Morgan fingerprint density at radius 1 is 1.24 bits per heavy atom. The van der Waals surface area contributed by atoms with Crippen molar-refractivity contribution in [3.05, 3.63) is 28.2 Å². The zero-order chi connectivity index (χ0) is 12.3. The maximum absolute atomic E-state index is 3.61. The van der Waals surface area contributed by atoms with E-state index >= 15 is 0 Å². The first-order chi connectivity index (χ1) is 8.15. The largest absolute Gasteiger partial charge is 0.385 e. The van der Waals surface area contributed by atoms with Gasteiger partial charge in [0.15, 0.2) is 0 Å². The van der Waals surface area contributed by atoms with E-state index in [1.807, 2.05) is 0 Å². The number of halogens is 1. The predicted molar refractivity (Wildman–Crippen MR) is 78.5 cm³/mol. The highest BCUT2D eigenvalue weighted by atomic mass is 79.9. The van der Waals surface area contributed by atoms with E-state index in [9.17, 15) is 0 Å². The number of nitrogens with one attached hydrogen (secondary N) is 1. The summed E-state index contributed by atoms with van der Waals surface area (Å²) in [4.78, 5) is 0. The molecule has 0 aromatic heterocycles. The second-order valence-electron chi connectivity index (χ2n) is 5.47. The minimum atomic E-state index is 0.865. The van der Waals surface area contributed by atoms with Crippen LogP contribution < -0.4 is 5.32 Å². The first kappa shape index (κ1) is 12.9. The Morgan fingerprint density at radius 3 is 2.65 bits per heavy atom. The van der Waals surface area contributed by atoms with E-state index in [0.717, 1.165) is 22.9 Å². The van der Waals surface area contributed by atoms with Gasteiger partial charge in [0.1, 0.15) is 0 Å².